The molecule has 1 heterocycles. The van der Waals surface area contributed by atoms with E-state index in [1.54, 1.807) is 12.1 Å². The highest BCUT2D eigenvalue weighted by Gasteiger charge is 2.08. The molecule has 5 heteroatoms. The fourth-order valence-electron chi connectivity index (χ4n) is 2.04. The van der Waals surface area contributed by atoms with Crippen LogP contribution in [0.5, 0.6) is 0 Å². The van der Waals surface area contributed by atoms with Crippen LogP contribution in [0, 0.1) is 0 Å². The summed E-state index contributed by atoms with van der Waals surface area (Å²) < 4.78 is 22.4. The number of nitrogens with zero attached hydrogens (tertiary/aromatic N) is 1. The Morgan fingerprint density at radius 3 is 2.25 bits per heavy atom. The zero-order chi connectivity index (χ0) is 14.2. The minimum absolute atomic E-state index is 0.0991. The molecule has 0 amide bonds. The quantitative estimate of drug-likeness (QED) is 0.786. The van der Waals surface area contributed by atoms with Crippen molar-refractivity contribution in [2.45, 2.75) is 4.90 Å². The van der Waals surface area contributed by atoms with Gasteiger partial charge in [0.25, 0.3) is 0 Å². The van der Waals surface area contributed by atoms with Gasteiger partial charge in [-0.3, -0.25) is 0 Å². The van der Waals surface area contributed by atoms with Crippen LogP contribution in [-0.4, -0.2) is 13.4 Å². The Kier molecular flexibility index (Phi) is 3.00. The van der Waals surface area contributed by atoms with Crippen molar-refractivity contribution >= 4 is 20.9 Å². The van der Waals surface area contributed by atoms with Crippen molar-refractivity contribution in [1.29, 1.82) is 0 Å². The molecule has 2 N–H and O–H groups in total. The van der Waals surface area contributed by atoms with Gasteiger partial charge in [0.15, 0.2) is 0 Å². The van der Waals surface area contributed by atoms with Crippen LogP contribution in [0.15, 0.2) is 65.6 Å². The van der Waals surface area contributed by atoms with Crippen molar-refractivity contribution in [3.63, 3.8) is 0 Å². The molecule has 0 aliphatic heterocycles. The van der Waals surface area contributed by atoms with Crippen LogP contribution in [0.25, 0.3) is 22.2 Å². The zero-order valence-electron chi connectivity index (χ0n) is 10.5. The maximum Gasteiger partial charge on any atom is 0.238 e. The van der Waals surface area contributed by atoms with Gasteiger partial charge in [0.2, 0.25) is 10.0 Å². The Morgan fingerprint density at radius 2 is 1.55 bits per heavy atom. The number of aromatic nitrogens is 1. The van der Waals surface area contributed by atoms with E-state index in [1.165, 1.54) is 12.1 Å². The summed E-state index contributed by atoms with van der Waals surface area (Å²) in [6, 6.07) is 18.1. The molecule has 0 unspecified atom stereocenters. The third-order valence-corrected chi connectivity index (χ3v) is 4.01. The Hall–Kier alpha value is -2.24. The average molecular weight is 284 g/mol. The summed E-state index contributed by atoms with van der Waals surface area (Å²) in [6.07, 6.45) is 0. The van der Waals surface area contributed by atoms with E-state index in [1.807, 2.05) is 36.4 Å². The van der Waals surface area contributed by atoms with Crippen LogP contribution >= 0.6 is 0 Å². The molecule has 3 rings (SSSR count). The van der Waals surface area contributed by atoms with E-state index in [0.29, 0.717) is 0 Å². The summed E-state index contributed by atoms with van der Waals surface area (Å²) in [7, 11) is -3.66. The summed E-state index contributed by atoms with van der Waals surface area (Å²) in [4.78, 5) is 4.66. The molecule has 0 atom stereocenters. The summed E-state index contributed by atoms with van der Waals surface area (Å²) in [5.74, 6) is 0. The number of hydrogen-bond acceptors (Lipinski definition) is 3. The smallest absolute Gasteiger partial charge is 0.238 e. The molecule has 0 aliphatic rings. The SMILES string of the molecule is NS(=O)(=O)c1ccc(-c2ccc3ccccc3n2)cc1. The van der Waals surface area contributed by atoms with Crippen LogP contribution in [0.1, 0.15) is 0 Å². The Balaban J connectivity index is 2.07. The molecular formula is C15H12N2O2S. The van der Waals surface area contributed by atoms with Gasteiger partial charge in [-0.25, -0.2) is 18.5 Å². The predicted molar refractivity (Wildman–Crippen MR) is 78.6 cm³/mol. The molecule has 0 bridgehead atoms. The normalized spacial score (nSPS) is 11.7. The number of hydrogen-bond donors (Lipinski definition) is 1. The van der Waals surface area contributed by atoms with Gasteiger partial charge in [0.1, 0.15) is 0 Å². The van der Waals surface area contributed by atoms with Gasteiger partial charge in [0.05, 0.1) is 16.1 Å². The topological polar surface area (TPSA) is 73.1 Å². The lowest BCUT2D eigenvalue weighted by Crippen LogP contribution is -2.11. The van der Waals surface area contributed by atoms with Gasteiger partial charge in [-0.15, -0.1) is 0 Å². The minimum atomic E-state index is -3.66. The van der Waals surface area contributed by atoms with Crippen molar-refractivity contribution in [1.82, 2.24) is 4.98 Å². The molecular weight excluding hydrogens is 272 g/mol. The van der Waals surface area contributed by atoms with E-state index in [9.17, 15) is 8.42 Å². The number of nitrogens with two attached hydrogens (primary N) is 1. The Labute approximate surface area is 116 Å². The van der Waals surface area contributed by atoms with Crippen molar-refractivity contribution < 1.29 is 8.42 Å². The number of fused-ring (bicyclic) bond motifs is 1. The number of benzene rings is 2. The van der Waals surface area contributed by atoms with Gasteiger partial charge in [-0.1, -0.05) is 36.4 Å². The molecule has 3 aromatic rings. The standard InChI is InChI=1S/C15H12N2O2S/c16-20(18,19)13-8-5-12(6-9-13)15-10-7-11-3-1-2-4-14(11)17-15/h1-10H,(H2,16,18,19). The van der Waals surface area contributed by atoms with Crippen molar-refractivity contribution in [3.05, 3.63) is 60.7 Å². The predicted octanol–water partition coefficient (Wildman–Crippen LogP) is 2.55. The summed E-state index contributed by atoms with van der Waals surface area (Å²) >= 11 is 0. The maximum atomic E-state index is 11.2. The fraction of sp³-hybridized carbons (Fsp3) is 0. The number of sulfonamides is 1. The van der Waals surface area contributed by atoms with Crippen LogP contribution in [0.3, 0.4) is 0 Å². The second-order valence-electron chi connectivity index (χ2n) is 4.46. The number of para-hydroxylation sites is 1. The molecule has 0 fully saturated rings. The first-order valence-corrected chi connectivity index (χ1v) is 7.58. The molecule has 0 spiro atoms. The highest BCUT2D eigenvalue weighted by molar-refractivity contribution is 7.89. The summed E-state index contributed by atoms with van der Waals surface area (Å²) in [5.41, 5.74) is 2.55. The first-order valence-electron chi connectivity index (χ1n) is 6.03. The van der Waals surface area contributed by atoms with E-state index in [0.717, 1.165) is 22.2 Å². The molecule has 20 heavy (non-hydrogen) atoms. The van der Waals surface area contributed by atoms with E-state index in [-0.39, 0.29) is 4.90 Å². The maximum absolute atomic E-state index is 11.2. The van der Waals surface area contributed by atoms with Crippen LogP contribution in [0.2, 0.25) is 0 Å². The highest BCUT2D eigenvalue weighted by atomic mass is 32.2. The van der Waals surface area contributed by atoms with Gasteiger partial charge in [-0.05, 0) is 24.3 Å². The lowest BCUT2D eigenvalue weighted by molar-refractivity contribution is 0.598. The zero-order valence-corrected chi connectivity index (χ0v) is 11.3. The summed E-state index contributed by atoms with van der Waals surface area (Å²) in [5, 5.41) is 6.14. The van der Waals surface area contributed by atoms with E-state index in [2.05, 4.69) is 4.98 Å². The third kappa shape index (κ3) is 2.41. The molecule has 0 aliphatic carbocycles. The number of pyridine rings is 1. The molecule has 100 valence electrons. The Bertz CT molecular complexity index is 872. The van der Waals surface area contributed by atoms with Crippen LogP contribution in [-0.2, 0) is 10.0 Å². The monoisotopic (exact) mass is 284 g/mol. The van der Waals surface area contributed by atoms with Crippen molar-refractivity contribution in [3.8, 4) is 11.3 Å². The van der Waals surface area contributed by atoms with E-state index >= 15 is 0 Å². The molecule has 2 aromatic carbocycles. The third-order valence-electron chi connectivity index (χ3n) is 3.08. The van der Waals surface area contributed by atoms with E-state index in [4.69, 9.17) is 5.14 Å². The summed E-state index contributed by atoms with van der Waals surface area (Å²) in [6.45, 7) is 0. The largest absolute Gasteiger partial charge is 0.248 e. The second kappa shape index (κ2) is 4.70. The molecule has 4 nitrogen and oxygen atoms in total. The first-order chi connectivity index (χ1) is 9.54. The van der Waals surface area contributed by atoms with E-state index < -0.39 is 10.0 Å². The lowest BCUT2D eigenvalue weighted by atomic mass is 10.1. The minimum Gasteiger partial charge on any atom is -0.248 e. The van der Waals surface area contributed by atoms with Gasteiger partial charge in [0, 0.05) is 10.9 Å². The fourth-order valence-corrected chi connectivity index (χ4v) is 2.56. The molecule has 1 aromatic heterocycles. The second-order valence-corrected chi connectivity index (χ2v) is 6.02. The number of rotatable bonds is 2. The molecule has 0 saturated heterocycles. The first kappa shape index (κ1) is 12.8. The van der Waals surface area contributed by atoms with Crippen LogP contribution in [0.4, 0.5) is 0 Å². The van der Waals surface area contributed by atoms with Gasteiger partial charge >= 0.3 is 0 Å². The lowest BCUT2D eigenvalue weighted by Gasteiger charge is -2.04. The molecule has 0 saturated carbocycles. The van der Waals surface area contributed by atoms with Gasteiger partial charge in [-0.2, -0.15) is 0 Å². The molecule has 0 radical (unpaired) electrons. The highest BCUT2D eigenvalue weighted by Crippen LogP contribution is 2.22. The van der Waals surface area contributed by atoms with Crippen molar-refractivity contribution in [2.24, 2.45) is 5.14 Å². The number of primary sulfonamides is 1. The Morgan fingerprint density at radius 1 is 0.850 bits per heavy atom. The van der Waals surface area contributed by atoms with Crippen molar-refractivity contribution in [2.75, 3.05) is 0 Å². The average Bonchev–Trinajstić information content (AvgIpc) is 2.46. The van der Waals surface area contributed by atoms with Crippen LogP contribution < -0.4 is 5.14 Å². The van der Waals surface area contributed by atoms with Gasteiger partial charge < -0.3 is 0 Å².